The predicted molar refractivity (Wildman–Crippen MR) is 80.4 cm³/mol. The number of thiophene rings is 1. The molecule has 0 saturated heterocycles. The predicted octanol–water partition coefficient (Wildman–Crippen LogP) is 4.59. The topological polar surface area (TPSA) is 18.5 Å². The van der Waals surface area contributed by atoms with E-state index < -0.39 is 0 Å². The van der Waals surface area contributed by atoms with E-state index in [1.807, 2.05) is 24.3 Å². The van der Waals surface area contributed by atoms with Crippen LogP contribution in [0, 0.1) is 0 Å². The highest BCUT2D eigenvalue weighted by molar-refractivity contribution is 7.17. The Labute approximate surface area is 116 Å². The number of hydrogen-bond acceptors (Lipinski definition) is 3. The zero-order valence-corrected chi connectivity index (χ0v) is 11.7. The van der Waals surface area contributed by atoms with Crippen LogP contribution in [0.15, 0.2) is 47.8 Å². The van der Waals surface area contributed by atoms with Gasteiger partial charge in [-0.1, -0.05) is 18.2 Å². The molecule has 0 aliphatic rings. The van der Waals surface area contributed by atoms with E-state index in [1.165, 1.54) is 15.6 Å². The van der Waals surface area contributed by atoms with E-state index in [9.17, 15) is 0 Å². The Morgan fingerprint density at radius 3 is 2.53 bits per heavy atom. The van der Waals surface area contributed by atoms with E-state index >= 15 is 0 Å². The average molecular weight is 270 g/mol. The summed E-state index contributed by atoms with van der Waals surface area (Å²) < 4.78 is 11.9. The molecule has 0 N–H and O–H groups in total. The third-order valence-electron chi connectivity index (χ3n) is 3.18. The standard InChI is InChI=1S/C16H14O2S/c1-17-11-7-8-13-14(10-19-16(13)9-11)12-5-3-4-6-15(12)18-2/h3-10H,1-2H3. The van der Waals surface area contributed by atoms with Gasteiger partial charge in [0, 0.05) is 21.2 Å². The summed E-state index contributed by atoms with van der Waals surface area (Å²) >= 11 is 1.72. The molecular formula is C16H14O2S. The molecule has 1 heterocycles. The molecule has 0 radical (unpaired) electrons. The summed E-state index contributed by atoms with van der Waals surface area (Å²) in [7, 11) is 3.40. The van der Waals surface area contributed by atoms with Crippen molar-refractivity contribution in [1.29, 1.82) is 0 Å². The first kappa shape index (κ1) is 12.1. The van der Waals surface area contributed by atoms with Crippen LogP contribution in [0.3, 0.4) is 0 Å². The Kier molecular flexibility index (Phi) is 3.13. The molecule has 0 unspecified atom stereocenters. The second-order valence-corrected chi connectivity index (χ2v) is 5.12. The van der Waals surface area contributed by atoms with Crippen molar-refractivity contribution in [2.24, 2.45) is 0 Å². The van der Waals surface area contributed by atoms with Crippen LogP contribution in [-0.2, 0) is 0 Å². The molecule has 0 amide bonds. The van der Waals surface area contributed by atoms with Crippen LogP contribution in [0.2, 0.25) is 0 Å². The Bertz CT molecular complexity index is 716. The Balaban J connectivity index is 2.20. The third-order valence-corrected chi connectivity index (χ3v) is 4.13. The van der Waals surface area contributed by atoms with Crippen LogP contribution in [0.1, 0.15) is 0 Å². The molecule has 0 saturated carbocycles. The minimum Gasteiger partial charge on any atom is -0.497 e. The van der Waals surface area contributed by atoms with Gasteiger partial charge in [0.1, 0.15) is 11.5 Å². The molecule has 3 rings (SSSR count). The van der Waals surface area contributed by atoms with Crippen molar-refractivity contribution in [1.82, 2.24) is 0 Å². The monoisotopic (exact) mass is 270 g/mol. The fourth-order valence-electron chi connectivity index (χ4n) is 2.21. The van der Waals surface area contributed by atoms with E-state index in [1.54, 1.807) is 25.6 Å². The SMILES string of the molecule is COc1ccc2c(-c3ccccc3OC)csc2c1. The summed E-state index contributed by atoms with van der Waals surface area (Å²) in [4.78, 5) is 0. The van der Waals surface area contributed by atoms with Crippen LogP contribution >= 0.6 is 11.3 Å². The van der Waals surface area contributed by atoms with Crippen molar-refractivity contribution < 1.29 is 9.47 Å². The summed E-state index contributed by atoms with van der Waals surface area (Å²) in [5.41, 5.74) is 2.33. The summed E-state index contributed by atoms with van der Waals surface area (Å²) in [5, 5.41) is 3.40. The number of fused-ring (bicyclic) bond motifs is 1. The summed E-state index contributed by atoms with van der Waals surface area (Å²) in [6.45, 7) is 0. The van der Waals surface area contributed by atoms with Gasteiger partial charge in [-0.3, -0.25) is 0 Å². The van der Waals surface area contributed by atoms with Gasteiger partial charge in [0.15, 0.2) is 0 Å². The van der Waals surface area contributed by atoms with E-state index in [4.69, 9.17) is 9.47 Å². The number of hydrogen-bond donors (Lipinski definition) is 0. The van der Waals surface area contributed by atoms with Crippen LogP contribution in [0.25, 0.3) is 21.2 Å². The van der Waals surface area contributed by atoms with Gasteiger partial charge in [-0.2, -0.15) is 0 Å². The zero-order chi connectivity index (χ0) is 13.2. The average Bonchev–Trinajstić information content (AvgIpc) is 2.89. The third kappa shape index (κ3) is 2.06. The number of benzene rings is 2. The highest BCUT2D eigenvalue weighted by Gasteiger charge is 2.11. The normalized spacial score (nSPS) is 10.6. The van der Waals surface area contributed by atoms with Crippen molar-refractivity contribution in [3.8, 4) is 22.6 Å². The maximum Gasteiger partial charge on any atom is 0.126 e. The van der Waals surface area contributed by atoms with Gasteiger partial charge in [0.25, 0.3) is 0 Å². The lowest BCUT2D eigenvalue weighted by molar-refractivity contribution is 0.415. The maximum atomic E-state index is 5.44. The van der Waals surface area contributed by atoms with Gasteiger partial charge >= 0.3 is 0 Å². The quantitative estimate of drug-likeness (QED) is 0.693. The highest BCUT2D eigenvalue weighted by Crippen LogP contribution is 2.39. The Hall–Kier alpha value is -2.00. The van der Waals surface area contributed by atoms with Gasteiger partial charge in [-0.05, 0) is 29.6 Å². The lowest BCUT2D eigenvalue weighted by atomic mass is 10.0. The van der Waals surface area contributed by atoms with Crippen molar-refractivity contribution in [2.75, 3.05) is 14.2 Å². The van der Waals surface area contributed by atoms with Crippen LogP contribution in [0.5, 0.6) is 11.5 Å². The van der Waals surface area contributed by atoms with E-state index in [0.717, 1.165) is 17.1 Å². The second-order valence-electron chi connectivity index (χ2n) is 4.21. The summed E-state index contributed by atoms with van der Waals surface area (Å²) in [6, 6.07) is 14.3. The van der Waals surface area contributed by atoms with Crippen LogP contribution in [-0.4, -0.2) is 14.2 Å². The molecule has 0 atom stereocenters. The first-order valence-electron chi connectivity index (χ1n) is 6.02. The molecular weight excluding hydrogens is 256 g/mol. The summed E-state index contributed by atoms with van der Waals surface area (Å²) in [5.74, 6) is 1.79. The maximum absolute atomic E-state index is 5.44. The molecule has 0 spiro atoms. The van der Waals surface area contributed by atoms with E-state index in [0.29, 0.717) is 0 Å². The fourth-order valence-corrected chi connectivity index (χ4v) is 3.20. The number of para-hydroxylation sites is 1. The van der Waals surface area contributed by atoms with Crippen molar-refractivity contribution in [3.63, 3.8) is 0 Å². The van der Waals surface area contributed by atoms with E-state index in [-0.39, 0.29) is 0 Å². The lowest BCUT2D eigenvalue weighted by Gasteiger charge is -2.07. The molecule has 2 aromatic carbocycles. The van der Waals surface area contributed by atoms with Crippen molar-refractivity contribution in [2.45, 2.75) is 0 Å². The van der Waals surface area contributed by atoms with Gasteiger partial charge in [-0.25, -0.2) is 0 Å². The molecule has 0 aliphatic carbocycles. The molecule has 96 valence electrons. The molecule has 0 fully saturated rings. The second kappa shape index (κ2) is 4.94. The molecule has 19 heavy (non-hydrogen) atoms. The molecule has 1 aromatic heterocycles. The molecule has 3 aromatic rings. The number of rotatable bonds is 3. The summed E-state index contributed by atoms with van der Waals surface area (Å²) in [6.07, 6.45) is 0. The molecule has 0 aliphatic heterocycles. The lowest BCUT2D eigenvalue weighted by Crippen LogP contribution is -1.86. The Morgan fingerprint density at radius 2 is 1.74 bits per heavy atom. The minimum absolute atomic E-state index is 0.890. The first-order chi connectivity index (χ1) is 9.33. The smallest absolute Gasteiger partial charge is 0.126 e. The van der Waals surface area contributed by atoms with Crippen LogP contribution in [0.4, 0.5) is 0 Å². The first-order valence-corrected chi connectivity index (χ1v) is 6.90. The van der Waals surface area contributed by atoms with Crippen molar-refractivity contribution >= 4 is 21.4 Å². The van der Waals surface area contributed by atoms with Gasteiger partial charge in [0.2, 0.25) is 0 Å². The molecule has 0 bridgehead atoms. The van der Waals surface area contributed by atoms with Gasteiger partial charge in [-0.15, -0.1) is 11.3 Å². The van der Waals surface area contributed by atoms with Crippen LogP contribution < -0.4 is 9.47 Å². The highest BCUT2D eigenvalue weighted by atomic mass is 32.1. The Morgan fingerprint density at radius 1 is 0.895 bits per heavy atom. The zero-order valence-electron chi connectivity index (χ0n) is 10.8. The molecule has 2 nitrogen and oxygen atoms in total. The van der Waals surface area contributed by atoms with E-state index in [2.05, 4.69) is 23.6 Å². The van der Waals surface area contributed by atoms with Gasteiger partial charge in [0.05, 0.1) is 14.2 Å². The number of ether oxygens (including phenoxy) is 2. The molecule has 3 heteroatoms. The van der Waals surface area contributed by atoms with Crippen molar-refractivity contribution in [3.05, 3.63) is 47.8 Å². The minimum atomic E-state index is 0.890. The fraction of sp³-hybridized carbons (Fsp3) is 0.125. The number of methoxy groups -OCH3 is 2. The van der Waals surface area contributed by atoms with Gasteiger partial charge < -0.3 is 9.47 Å². The largest absolute Gasteiger partial charge is 0.497 e.